The molecule has 0 bridgehead atoms. The van der Waals surface area contributed by atoms with E-state index in [0.717, 1.165) is 32.9 Å². The number of halogens is 1. The summed E-state index contributed by atoms with van der Waals surface area (Å²) in [4.78, 5) is 12.8. The number of anilines is 1. The number of carbonyl (C=O) groups is 1. The summed E-state index contributed by atoms with van der Waals surface area (Å²) in [6.07, 6.45) is 0. The maximum atomic E-state index is 12.3. The van der Waals surface area contributed by atoms with Crippen molar-refractivity contribution in [3.8, 4) is 0 Å². The SMILES string of the molecule is Cc1ccc(Br)cc1NC(=O)c1snnc1C(C)C. The van der Waals surface area contributed by atoms with Crippen LogP contribution in [0.15, 0.2) is 22.7 Å². The van der Waals surface area contributed by atoms with Crippen molar-refractivity contribution < 1.29 is 4.79 Å². The fourth-order valence-corrected chi connectivity index (χ4v) is 2.72. The number of nitrogens with one attached hydrogen (secondary N) is 1. The van der Waals surface area contributed by atoms with Gasteiger partial charge in [0, 0.05) is 10.2 Å². The second-order valence-corrected chi connectivity index (χ2v) is 6.23. The molecule has 1 heterocycles. The van der Waals surface area contributed by atoms with E-state index in [0.29, 0.717) is 4.88 Å². The van der Waals surface area contributed by atoms with E-state index < -0.39 is 0 Å². The van der Waals surface area contributed by atoms with Gasteiger partial charge in [-0.3, -0.25) is 4.79 Å². The van der Waals surface area contributed by atoms with Crippen LogP contribution >= 0.6 is 27.5 Å². The number of hydrogen-bond acceptors (Lipinski definition) is 4. The molecule has 0 aliphatic heterocycles. The van der Waals surface area contributed by atoms with E-state index in [2.05, 4.69) is 30.8 Å². The zero-order valence-electron chi connectivity index (χ0n) is 10.9. The van der Waals surface area contributed by atoms with Crippen molar-refractivity contribution >= 4 is 39.1 Å². The third kappa shape index (κ3) is 3.19. The van der Waals surface area contributed by atoms with Gasteiger partial charge in [0.15, 0.2) is 0 Å². The third-order valence-electron chi connectivity index (χ3n) is 2.71. The molecule has 2 aromatic rings. The van der Waals surface area contributed by atoms with Crippen LogP contribution in [0.3, 0.4) is 0 Å². The van der Waals surface area contributed by atoms with Crippen LogP contribution in [-0.2, 0) is 0 Å². The summed E-state index contributed by atoms with van der Waals surface area (Å²) in [7, 11) is 0. The highest BCUT2D eigenvalue weighted by atomic mass is 79.9. The highest BCUT2D eigenvalue weighted by Crippen LogP contribution is 2.24. The Hall–Kier alpha value is -1.27. The monoisotopic (exact) mass is 339 g/mol. The molecule has 0 aliphatic rings. The molecule has 4 nitrogen and oxygen atoms in total. The maximum Gasteiger partial charge on any atom is 0.269 e. The van der Waals surface area contributed by atoms with E-state index in [1.807, 2.05) is 39.0 Å². The number of hydrogen-bond donors (Lipinski definition) is 1. The zero-order chi connectivity index (χ0) is 14.0. The van der Waals surface area contributed by atoms with Gasteiger partial charge in [-0.1, -0.05) is 40.3 Å². The van der Waals surface area contributed by atoms with Crippen LogP contribution in [0.25, 0.3) is 0 Å². The van der Waals surface area contributed by atoms with E-state index in [9.17, 15) is 4.79 Å². The standard InChI is InChI=1S/C13H14BrN3OS/c1-7(2)11-12(19-17-16-11)13(18)15-10-6-9(14)5-4-8(10)3/h4-7H,1-3H3,(H,15,18). The lowest BCUT2D eigenvalue weighted by Crippen LogP contribution is -2.13. The second kappa shape index (κ2) is 5.79. The molecule has 0 saturated heterocycles. The molecular formula is C13H14BrN3OS. The predicted molar refractivity (Wildman–Crippen MR) is 80.8 cm³/mol. The molecule has 1 aromatic heterocycles. The first-order valence-corrected chi connectivity index (χ1v) is 7.45. The average molecular weight is 340 g/mol. The lowest BCUT2D eigenvalue weighted by Gasteiger charge is -2.09. The fourth-order valence-electron chi connectivity index (χ4n) is 1.64. The molecule has 1 N–H and O–H groups in total. The van der Waals surface area contributed by atoms with Gasteiger partial charge < -0.3 is 5.32 Å². The molecule has 19 heavy (non-hydrogen) atoms. The normalized spacial score (nSPS) is 10.8. The van der Waals surface area contributed by atoms with Crippen molar-refractivity contribution in [1.29, 1.82) is 0 Å². The molecule has 0 fully saturated rings. The summed E-state index contributed by atoms with van der Waals surface area (Å²) in [5.41, 5.74) is 2.55. The minimum Gasteiger partial charge on any atom is -0.321 e. The second-order valence-electron chi connectivity index (χ2n) is 4.56. The van der Waals surface area contributed by atoms with Gasteiger partial charge in [0.25, 0.3) is 5.91 Å². The van der Waals surface area contributed by atoms with Gasteiger partial charge >= 0.3 is 0 Å². The first-order chi connectivity index (χ1) is 8.99. The van der Waals surface area contributed by atoms with Crippen molar-refractivity contribution in [3.05, 3.63) is 38.8 Å². The Morgan fingerprint density at radius 3 is 2.84 bits per heavy atom. The number of nitrogens with zero attached hydrogens (tertiary/aromatic N) is 2. The van der Waals surface area contributed by atoms with Gasteiger partial charge in [-0.2, -0.15) is 0 Å². The van der Waals surface area contributed by atoms with Gasteiger partial charge in [0.1, 0.15) is 4.88 Å². The van der Waals surface area contributed by atoms with E-state index in [1.54, 1.807) is 0 Å². The first kappa shape index (κ1) is 14.1. The maximum absolute atomic E-state index is 12.3. The molecule has 2 rings (SSSR count). The van der Waals surface area contributed by atoms with Crippen molar-refractivity contribution in [3.63, 3.8) is 0 Å². The summed E-state index contributed by atoms with van der Waals surface area (Å²) < 4.78 is 4.80. The summed E-state index contributed by atoms with van der Waals surface area (Å²) in [6, 6.07) is 5.78. The summed E-state index contributed by atoms with van der Waals surface area (Å²) in [6.45, 7) is 5.95. The van der Waals surface area contributed by atoms with Gasteiger partial charge in [-0.15, -0.1) is 5.10 Å². The number of rotatable bonds is 3. The quantitative estimate of drug-likeness (QED) is 0.919. The van der Waals surface area contributed by atoms with Crippen molar-refractivity contribution in [1.82, 2.24) is 9.59 Å². The number of aromatic nitrogens is 2. The molecule has 0 unspecified atom stereocenters. The molecule has 1 aromatic carbocycles. The highest BCUT2D eigenvalue weighted by Gasteiger charge is 2.19. The smallest absolute Gasteiger partial charge is 0.269 e. The van der Waals surface area contributed by atoms with E-state index in [-0.39, 0.29) is 11.8 Å². The Bertz CT molecular complexity index is 610. The summed E-state index contributed by atoms with van der Waals surface area (Å²) in [5, 5.41) is 6.93. The lowest BCUT2D eigenvalue weighted by molar-refractivity contribution is 0.102. The Kier molecular flexibility index (Phi) is 4.31. The largest absolute Gasteiger partial charge is 0.321 e. The number of aryl methyl sites for hydroxylation is 1. The topological polar surface area (TPSA) is 54.9 Å². The van der Waals surface area contributed by atoms with Crippen LogP contribution in [0.5, 0.6) is 0 Å². The van der Waals surface area contributed by atoms with E-state index >= 15 is 0 Å². The van der Waals surface area contributed by atoms with E-state index in [1.165, 1.54) is 0 Å². The molecule has 0 radical (unpaired) electrons. The average Bonchev–Trinajstić information content (AvgIpc) is 2.83. The van der Waals surface area contributed by atoms with Crippen LogP contribution in [0.1, 0.15) is 40.7 Å². The molecule has 6 heteroatoms. The van der Waals surface area contributed by atoms with Crippen LogP contribution in [0.2, 0.25) is 0 Å². The number of amides is 1. The molecule has 0 atom stereocenters. The van der Waals surface area contributed by atoms with Gasteiger partial charge in [0.2, 0.25) is 0 Å². The van der Waals surface area contributed by atoms with Gasteiger partial charge in [-0.25, -0.2) is 0 Å². The first-order valence-electron chi connectivity index (χ1n) is 5.88. The predicted octanol–water partition coefficient (Wildman–Crippen LogP) is 3.98. The molecule has 0 aliphatic carbocycles. The van der Waals surface area contributed by atoms with Crippen LogP contribution < -0.4 is 5.32 Å². The van der Waals surface area contributed by atoms with Crippen LogP contribution in [0, 0.1) is 6.92 Å². The Balaban J connectivity index is 2.26. The fraction of sp³-hybridized carbons (Fsp3) is 0.308. The number of carbonyl (C=O) groups excluding carboxylic acids is 1. The zero-order valence-corrected chi connectivity index (χ0v) is 13.3. The van der Waals surface area contributed by atoms with Crippen LogP contribution in [0.4, 0.5) is 5.69 Å². The van der Waals surface area contributed by atoms with Gasteiger partial charge in [0.05, 0.1) is 5.69 Å². The van der Waals surface area contributed by atoms with Crippen LogP contribution in [-0.4, -0.2) is 15.5 Å². The van der Waals surface area contributed by atoms with Crippen molar-refractivity contribution in [2.45, 2.75) is 26.7 Å². The molecular weight excluding hydrogens is 326 g/mol. The Morgan fingerprint density at radius 1 is 1.42 bits per heavy atom. The molecule has 0 saturated carbocycles. The minimum atomic E-state index is -0.153. The Morgan fingerprint density at radius 2 is 2.16 bits per heavy atom. The summed E-state index contributed by atoms with van der Waals surface area (Å²) >= 11 is 4.53. The van der Waals surface area contributed by atoms with Gasteiger partial charge in [-0.05, 0) is 42.1 Å². The molecule has 100 valence electrons. The highest BCUT2D eigenvalue weighted by molar-refractivity contribution is 9.10. The molecule has 1 amide bonds. The lowest BCUT2D eigenvalue weighted by atomic mass is 10.1. The van der Waals surface area contributed by atoms with Crippen molar-refractivity contribution in [2.24, 2.45) is 0 Å². The van der Waals surface area contributed by atoms with E-state index in [4.69, 9.17) is 0 Å². The number of benzene rings is 1. The minimum absolute atomic E-state index is 0.153. The Labute approximate surface area is 124 Å². The third-order valence-corrected chi connectivity index (χ3v) is 3.95. The molecule has 0 spiro atoms. The summed E-state index contributed by atoms with van der Waals surface area (Å²) in [5.74, 6) is 0.0306. The van der Waals surface area contributed by atoms with Crippen molar-refractivity contribution in [2.75, 3.05) is 5.32 Å².